The first-order valence-electron chi connectivity index (χ1n) is 9.77. The summed E-state index contributed by atoms with van der Waals surface area (Å²) in [5, 5.41) is 6.09. The van der Waals surface area contributed by atoms with Gasteiger partial charge in [-0.25, -0.2) is 0 Å². The third kappa shape index (κ3) is 3.36. The summed E-state index contributed by atoms with van der Waals surface area (Å²) in [6.07, 6.45) is 2.79. The van der Waals surface area contributed by atoms with E-state index in [1.54, 1.807) is 0 Å². The number of anilines is 1. The van der Waals surface area contributed by atoms with Gasteiger partial charge in [0.05, 0.1) is 5.52 Å². The van der Waals surface area contributed by atoms with E-state index in [1.165, 1.54) is 0 Å². The summed E-state index contributed by atoms with van der Waals surface area (Å²) in [5.41, 5.74) is 3.41. The lowest BCUT2D eigenvalue weighted by Crippen LogP contribution is -2.20. The summed E-state index contributed by atoms with van der Waals surface area (Å²) in [4.78, 5) is 27.5. The van der Waals surface area contributed by atoms with Gasteiger partial charge in [-0.05, 0) is 59.9 Å². The number of aromatic nitrogens is 1. The number of amides is 1. The number of aryl methyl sites for hydroxylation is 1. The van der Waals surface area contributed by atoms with Crippen LogP contribution in [0.3, 0.4) is 0 Å². The molecule has 0 radical (unpaired) electrons. The lowest BCUT2D eigenvalue weighted by molar-refractivity contribution is -0.118. The molecule has 5 rings (SSSR count). The third-order valence-corrected chi connectivity index (χ3v) is 5.46. The fourth-order valence-corrected chi connectivity index (χ4v) is 4.08. The standard InChI is InChI=1S/C24H20N2O3/c27-23(14-29-18-10-8-15-4-1-2-5-16(15)12-18)25-17-9-11-20-19-6-3-7-21(19)24(28)26-22(20)13-17/h1-2,4-5,8-13H,3,6-7,14H2,(H,25,27)(H,26,28). The van der Waals surface area contributed by atoms with Crippen LogP contribution in [0.5, 0.6) is 5.75 Å². The number of aromatic amines is 1. The minimum absolute atomic E-state index is 0.0203. The number of rotatable bonds is 4. The van der Waals surface area contributed by atoms with Crippen LogP contribution >= 0.6 is 0 Å². The van der Waals surface area contributed by atoms with Gasteiger partial charge in [0.15, 0.2) is 6.61 Å². The minimum Gasteiger partial charge on any atom is -0.484 e. The molecule has 0 fully saturated rings. The molecule has 1 amide bonds. The number of hydrogen-bond donors (Lipinski definition) is 2. The maximum absolute atomic E-state index is 12.3. The Labute approximate surface area is 167 Å². The molecule has 0 saturated heterocycles. The summed E-state index contributed by atoms with van der Waals surface area (Å²) in [5.74, 6) is 0.401. The van der Waals surface area contributed by atoms with Crippen LogP contribution < -0.4 is 15.6 Å². The molecule has 5 heteroatoms. The molecule has 0 unspecified atom stereocenters. The van der Waals surface area contributed by atoms with Gasteiger partial charge in [0.25, 0.3) is 11.5 Å². The summed E-state index contributed by atoms with van der Waals surface area (Å²) in [7, 11) is 0. The van der Waals surface area contributed by atoms with Crippen LogP contribution in [0.25, 0.3) is 21.7 Å². The van der Waals surface area contributed by atoms with Crippen molar-refractivity contribution in [3.05, 3.63) is 82.1 Å². The van der Waals surface area contributed by atoms with Crippen molar-refractivity contribution >= 4 is 33.3 Å². The smallest absolute Gasteiger partial charge is 0.262 e. The molecule has 1 heterocycles. The number of carbonyl (C=O) groups is 1. The highest BCUT2D eigenvalue weighted by atomic mass is 16.5. The maximum Gasteiger partial charge on any atom is 0.262 e. The molecule has 0 aliphatic heterocycles. The monoisotopic (exact) mass is 384 g/mol. The number of fused-ring (bicyclic) bond motifs is 4. The Morgan fingerprint density at radius 3 is 2.69 bits per heavy atom. The SMILES string of the molecule is O=C(COc1ccc2ccccc2c1)Nc1ccc2c3c(c(=O)[nH]c2c1)CCC3. The normalized spacial score (nSPS) is 12.8. The van der Waals surface area contributed by atoms with Crippen molar-refractivity contribution in [3.8, 4) is 5.75 Å². The average Bonchev–Trinajstić information content (AvgIpc) is 3.23. The van der Waals surface area contributed by atoms with Crippen LogP contribution in [-0.4, -0.2) is 17.5 Å². The predicted molar refractivity (Wildman–Crippen MR) is 115 cm³/mol. The van der Waals surface area contributed by atoms with E-state index >= 15 is 0 Å². The van der Waals surface area contributed by atoms with Gasteiger partial charge in [-0.3, -0.25) is 9.59 Å². The Balaban J connectivity index is 1.30. The molecule has 1 aliphatic carbocycles. The van der Waals surface area contributed by atoms with Crippen LogP contribution in [0, 0.1) is 0 Å². The Hall–Kier alpha value is -3.60. The number of H-pyrrole nitrogens is 1. The fraction of sp³-hybridized carbons (Fsp3) is 0.167. The number of pyridine rings is 1. The summed E-state index contributed by atoms with van der Waals surface area (Å²) in [6, 6.07) is 19.4. The highest BCUT2D eigenvalue weighted by Crippen LogP contribution is 2.27. The first-order chi connectivity index (χ1) is 14.2. The van der Waals surface area contributed by atoms with Gasteiger partial charge in [0.1, 0.15) is 5.75 Å². The molecule has 4 aromatic rings. The maximum atomic E-state index is 12.3. The summed E-state index contributed by atoms with van der Waals surface area (Å²) in [6.45, 7) is -0.0862. The quantitative estimate of drug-likeness (QED) is 0.554. The molecule has 144 valence electrons. The van der Waals surface area contributed by atoms with Crippen molar-refractivity contribution in [2.24, 2.45) is 0 Å². The second kappa shape index (κ2) is 7.09. The highest BCUT2D eigenvalue weighted by molar-refractivity contribution is 5.95. The highest BCUT2D eigenvalue weighted by Gasteiger charge is 2.18. The van der Waals surface area contributed by atoms with E-state index < -0.39 is 0 Å². The van der Waals surface area contributed by atoms with Gasteiger partial charge in [0, 0.05) is 16.6 Å². The molecule has 1 aliphatic rings. The largest absolute Gasteiger partial charge is 0.484 e. The van der Waals surface area contributed by atoms with E-state index in [4.69, 9.17) is 4.74 Å². The zero-order valence-corrected chi connectivity index (χ0v) is 15.8. The molecule has 0 spiro atoms. The average molecular weight is 384 g/mol. The van der Waals surface area contributed by atoms with E-state index in [1.807, 2.05) is 60.7 Å². The second-order valence-electron chi connectivity index (χ2n) is 7.37. The van der Waals surface area contributed by atoms with Crippen LogP contribution in [-0.2, 0) is 17.6 Å². The third-order valence-electron chi connectivity index (χ3n) is 5.46. The van der Waals surface area contributed by atoms with Crippen LogP contribution in [0.4, 0.5) is 5.69 Å². The van der Waals surface area contributed by atoms with Gasteiger partial charge >= 0.3 is 0 Å². The van der Waals surface area contributed by atoms with E-state index in [-0.39, 0.29) is 18.1 Å². The molecular formula is C24H20N2O3. The van der Waals surface area contributed by atoms with Gasteiger partial charge in [-0.1, -0.05) is 36.4 Å². The van der Waals surface area contributed by atoms with Gasteiger partial charge in [0.2, 0.25) is 0 Å². The second-order valence-corrected chi connectivity index (χ2v) is 7.37. The summed E-state index contributed by atoms with van der Waals surface area (Å²) >= 11 is 0. The van der Waals surface area contributed by atoms with Crippen molar-refractivity contribution in [3.63, 3.8) is 0 Å². The van der Waals surface area contributed by atoms with Crippen molar-refractivity contribution in [1.29, 1.82) is 0 Å². The zero-order valence-electron chi connectivity index (χ0n) is 15.8. The van der Waals surface area contributed by atoms with Crippen molar-refractivity contribution in [1.82, 2.24) is 4.98 Å². The van der Waals surface area contributed by atoms with Crippen LogP contribution in [0.2, 0.25) is 0 Å². The van der Waals surface area contributed by atoms with E-state index in [0.29, 0.717) is 11.4 Å². The number of benzene rings is 3. The lowest BCUT2D eigenvalue weighted by Gasteiger charge is -2.10. The topological polar surface area (TPSA) is 71.2 Å². The summed E-state index contributed by atoms with van der Waals surface area (Å²) < 4.78 is 5.65. The Bertz CT molecular complexity index is 1310. The van der Waals surface area contributed by atoms with E-state index in [2.05, 4.69) is 10.3 Å². The minimum atomic E-state index is -0.249. The predicted octanol–water partition coefficient (Wildman–Crippen LogP) is 4.19. The van der Waals surface area contributed by atoms with Crippen molar-refractivity contribution < 1.29 is 9.53 Å². The zero-order chi connectivity index (χ0) is 19.8. The van der Waals surface area contributed by atoms with Gasteiger partial charge in [-0.15, -0.1) is 0 Å². The lowest BCUT2D eigenvalue weighted by atomic mass is 10.1. The Kier molecular flexibility index (Phi) is 4.28. The number of ether oxygens (including phenoxy) is 1. The molecule has 2 N–H and O–H groups in total. The van der Waals surface area contributed by atoms with Crippen LogP contribution in [0.1, 0.15) is 17.5 Å². The first-order valence-corrected chi connectivity index (χ1v) is 9.77. The van der Waals surface area contributed by atoms with E-state index in [9.17, 15) is 9.59 Å². The van der Waals surface area contributed by atoms with Crippen molar-refractivity contribution in [2.45, 2.75) is 19.3 Å². The van der Waals surface area contributed by atoms with Crippen molar-refractivity contribution in [2.75, 3.05) is 11.9 Å². The Morgan fingerprint density at radius 2 is 1.79 bits per heavy atom. The number of hydrogen-bond acceptors (Lipinski definition) is 3. The van der Waals surface area contributed by atoms with Crippen LogP contribution in [0.15, 0.2) is 65.5 Å². The van der Waals surface area contributed by atoms with Gasteiger partial charge in [-0.2, -0.15) is 0 Å². The molecule has 0 saturated carbocycles. The number of nitrogens with one attached hydrogen (secondary N) is 2. The molecule has 0 bridgehead atoms. The first kappa shape index (κ1) is 17.5. The Morgan fingerprint density at radius 1 is 0.966 bits per heavy atom. The molecule has 29 heavy (non-hydrogen) atoms. The molecule has 3 aromatic carbocycles. The molecule has 0 atom stereocenters. The molecule has 5 nitrogen and oxygen atoms in total. The fourth-order valence-electron chi connectivity index (χ4n) is 4.08. The number of carbonyl (C=O) groups excluding carboxylic acids is 1. The van der Waals surface area contributed by atoms with Gasteiger partial charge < -0.3 is 15.0 Å². The molecular weight excluding hydrogens is 364 g/mol. The van der Waals surface area contributed by atoms with E-state index in [0.717, 1.165) is 52.1 Å². The molecule has 1 aromatic heterocycles.